The molecule has 1 heterocycles. The van der Waals surface area contributed by atoms with E-state index >= 15 is 4.39 Å². The average molecular weight is 606 g/mol. The molecule has 0 bridgehead atoms. The van der Waals surface area contributed by atoms with Gasteiger partial charge >= 0.3 is 6.11 Å². The number of rotatable bonds is 8. The highest BCUT2D eigenvalue weighted by atomic mass is 32.1. The predicted octanol–water partition coefficient (Wildman–Crippen LogP) is 10.6. The van der Waals surface area contributed by atoms with Gasteiger partial charge < -0.3 is 4.74 Å². The van der Waals surface area contributed by atoms with Gasteiger partial charge in [-0.1, -0.05) is 42.5 Å². The second kappa shape index (κ2) is 11.2. The SMILES string of the molecule is C=CCCc1ccc2nc(-c3ccc(-c4ccc5cc(C(F)(F)Oc6cc(F)c(F)c(F)c6)ccc5c4)c(F)c3)sc2c1. The number of hydrogen-bond donors (Lipinski definition) is 0. The van der Waals surface area contributed by atoms with E-state index in [-0.39, 0.29) is 0 Å². The Bertz CT molecular complexity index is 2000. The molecule has 0 aliphatic carbocycles. The lowest BCUT2D eigenvalue weighted by molar-refractivity contribution is -0.185. The van der Waals surface area contributed by atoms with E-state index in [1.54, 1.807) is 30.3 Å². The maximum absolute atomic E-state index is 15.4. The molecular weight excluding hydrogens is 584 g/mol. The predicted molar refractivity (Wildman–Crippen MR) is 157 cm³/mol. The number of ether oxygens (including phenoxy) is 1. The third-order valence-corrected chi connectivity index (χ3v) is 8.06. The molecule has 0 radical (unpaired) electrons. The van der Waals surface area contributed by atoms with Crippen LogP contribution in [0, 0.1) is 23.3 Å². The summed E-state index contributed by atoms with van der Waals surface area (Å²) in [4.78, 5) is 4.66. The quantitative estimate of drug-likeness (QED) is 0.0978. The van der Waals surface area contributed by atoms with Crippen molar-refractivity contribution in [2.45, 2.75) is 19.0 Å². The fourth-order valence-corrected chi connectivity index (χ4v) is 5.82. The highest BCUT2D eigenvalue weighted by Crippen LogP contribution is 2.37. The summed E-state index contributed by atoms with van der Waals surface area (Å²) in [5, 5.41) is 1.65. The molecule has 0 atom stereocenters. The first-order valence-electron chi connectivity index (χ1n) is 13.2. The molecule has 5 aromatic carbocycles. The lowest BCUT2D eigenvalue weighted by Crippen LogP contribution is -2.22. The molecule has 9 heteroatoms. The normalized spacial score (nSPS) is 11.8. The summed E-state index contributed by atoms with van der Waals surface area (Å²) < 4.78 is 90.7. The minimum Gasteiger partial charge on any atom is -0.429 e. The van der Waals surface area contributed by atoms with Crippen LogP contribution >= 0.6 is 11.3 Å². The first-order valence-corrected chi connectivity index (χ1v) is 14.0. The van der Waals surface area contributed by atoms with Crippen LogP contribution in [0.5, 0.6) is 5.75 Å². The van der Waals surface area contributed by atoms with Gasteiger partial charge in [0.1, 0.15) is 16.6 Å². The number of aromatic nitrogens is 1. The van der Waals surface area contributed by atoms with E-state index in [2.05, 4.69) is 22.4 Å². The lowest BCUT2D eigenvalue weighted by atomic mass is 9.98. The number of alkyl halides is 2. The molecule has 43 heavy (non-hydrogen) atoms. The molecule has 0 saturated heterocycles. The average Bonchev–Trinajstić information content (AvgIpc) is 3.41. The van der Waals surface area contributed by atoms with Gasteiger partial charge in [0.15, 0.2) is 17.5 Å². The topological polar surface area (TPSA) is 22.1 Å². The third kappa shape index (κ3) is 5.72. The molecule has 2 nitrogen and oxygen atoms in total. The molecule has 6 aromatic rings. The van der Waals surface area contributed by atoms with Crippen molar-refractivity contribution in [2.75, 3.05) is 0 Å². The van der Waals surface area contributed by atoms with E-state index in [0.717, 1.165) is 35.2 Å². The van der Waals surface area contributed by atoms with Gasteiger partial charge in [0.05, 0.1) is 15.8 Å². The maximum atomic E-state index is 15.4. The number of thiazole rings is 1. The van der Waals surface area contributed by atoms with E-state index in [4.69, 9.17) is 0 Å². The number of nitrogens with zero attached hydrogens (tertiary/aromatic N) is 1. The zero-order valence-electron chi connectivity index (χ0n) is 22.3. The number of fused-ring (bicyclic) bond motifs is 2. The van der Waals surface area contributed by atoms with Crippen LogP contribution in [-0.2, 0) is 12.5 Å². The molecule has 0 aliphatic rings. The van der Waals surface area contributed by atoms with Crippen molar-refractivity contribution in [3.63, 3.8) is 0 Å². The highest BCUT2D eigenvalue weighted by Gasteiger charge is 2.35. The van der Waals surface area contributed by atoms with Crippen LogP contribution in [0.3, 0.4) is 0 Å². The summed E-state index contributed by atoms with van der Waals surface area (Å²) >= 11 is 1.49. The van der Waals surface area contributed by atoms with Crippen molar-refractivity contribution in [3.8, 4) is 27.4 Å². The van der Waals surface area contributed by atoms with Crippen molar-refractivity contribution >= 4 is 32.3 Å². The van der Waals surface area contributed by atoms with Crippen molar-refractivity contribution in [1.82, 2.24) is 4.98 Å². The second-order valence-corrected chi connectivity index (χ2v) is 11.0. The Morgan fingerprint density at radius 3 is 2.23 bits per heavy atom. The van der Waals surface area contributed by atoms with E-state index in [1.807, 2.05) is 18.2 Å². The zero-order valence-corrected chi connectivity index (χ0v) is 23.1. The molecule has 0 N–H and O–H groups in total. The molecule has 0 unspecified atom stereocenters. The van der Waals surface area contributed by atoms with Gasteiger partial charge in [-0.05, 0) is 71.1 Å². The maximum Gasteiger partial charge on any atom is 0.426 e. The Labute approximate surface area is 246 Å². The second-order valence-electron chi connectivity index (χ2n) is 9.94. The van der Waals surface area contributed by atoms with Crippen LogP contribution < -0.4 is 4.74 Å². The third-order valence-electron chi connectivity index (χ3n) is 7.00. The molecule has 6 rings (SSSR count). The minimum atomic E-state index is -3.97. The Hall–Kier alpha value is -4.63. The highest BCUT2D eigenvalue weighted by molar-refractivity contribution is 7.21. The number of halogens is 6. The molecule has 0 amide bonds. The standard InChI is InChI=1S/C34H21F6NOS/c1-2-3-4-19-5-12-30-31(13-19)43-33(41-30)23-9-11-26(27(35)16-23)22-7-6-21-15-24(10-8-20(21)14-22)34(39,40)42-25-17-28(36)32(38)29(37)18-25/h2,5-18H,1,3-4H2. The van der Waals surface area contributed by atoms with Crippen molar-refractivity contribution in [1.29, 1.82) is 0 Å². The van der Waals surface area contributed by atoms with Gasteiger partial charge in [0.2, 0.25) is 0 Å². The van der Waals surface area contributed by atoms with E-state index in [9.17, 15) is 22.0 Å². The fraction of sp³-hybridized carbons (Fsp3) is 0.0882. The van der Waals surface area contributed by atoms with E-state index in [0.29, 0.717) is 44.6 Å². The van der Waals surface area contributed by atoms with E-state index < -0.39 is 40.7 Å². The molecular formula is C34H21F6NOS. The summed E-state index contributed by atoms with van der Waals surface area (Å²) in [6.45, 7) is 3.76. The lowest BCUT2D eigenvalue weighted by Gasteiger charge is -2.19. The van der Waals surface area contributed by atoms with Crippen LogP contribution in [0.25, 0.3) is 42.7 Å². The molecule has 0 aliphatic heterocycles. The fourth-order valence-electron chi connectivity index (χ4n) is 4.79. The van der Waals surface area contributed by atoms with Gasteiger partial charge in [-0.25, -0.2) is 22.5 Å². The summed E-state index contributed by atoms with van der Waals surface area (Å²) in [6.07, 6.45) is -0.334. The summed E-state index contributed by atoms with van der Waals surface area (Å²) in [5.74, 6) is -6.40. The van der Waals surface area contributed by atoms with Gasteiger partial charge in [-0.2, -0.15) is 8.78 Å². The number of allylic oxidation sites excluding steroid dienone is 1. The van der Waals surface area contributed by atoms with Crippen molar-refractivity contribution in [3.05, 3.63) is 132 Å². The van der Waals surface area contributed by atoms with Crippen LogP contribution in [0.2, 0.25) is 0 Å². The van der Waals surface area contributed by atoms with Crippen molar-refractivity contribution in [2.24, 2.45) is 0 Å². The summed E-state index contributed by atoms with van der Waals surface area (Å²) in [5.41, 5.74) is 2.95. The Kier molecular flexibility index (Phi) is 7.43. The smallest absolute Gasteiger partial charge is 0.426 e. The Morgan fingerprint density at radius 2 is 1.49 bits per heavy atom. The number of benzene rings is 5. The van der Waals surface area contributed by atoms with Crippen LogP contribution in [0.1, 0.15) is 17.5 Å². The summed E-state index contributed by atoms with van der Waals surface area (Å²) in [7, 11) is 0. The van der Waals surface area contributed by atoms with Gasteiger partial charge in [0.25, 0.3) is 0 Å². The Balaban J connectivity index is 1.25. The molecule has 0 saturated carbocycles. The Morgan fingerprint density at radius 1 is 0.767 bits per heavy atom. The minimum absolute atomic E-state index is 0.330. The first kappa shape index (κ1) is 28.5. The molecule has 1 aromatic heterocycles. The molecule has 216 valence electrons. The van der Waals surface area contributed by atoms with Crippen LogP contribution in [0.4, 0.5) is 26.3 Å². The van der Waals surface area contributed by atoms with Gasteiger partial charge in [0, 0.05) is 23.3 Å². The first-order chi connectivity index (χ1) is 20.6. The largest absolute Gasteiger partial charge is 0.429 e. The molecule has 0 fully saturated rings. The van der Waals surface area contributed by atoms with Crippen LogP contribution in [-0.4, -0.2) is 4.98 Å². The summed E-state index contributed by atoms with van der Waals surface area (Å²) in [6, 6.07) is 20.2. The van der Waals surface area contributed by atoms with Crippen molar-refractivity contribution < 1.29 is 31.1 Å². The number of hydrogen-bond acceptors (Lipinski definition) is 3. The molecule has 0 spiro atoms. The van der Waals surface area contributed by atoms with Crippen LogP contribution in [0.15, 0.2) is 97.6 Å². The zero-order chi connectivity index (χ0) is 30.3. The van der Waals surface area contributed by atoms with E-state index in [1.165, 1.54) is 29.0 Å². The van der Waals surface area contributed by atoms with Gasteiger partial charge in [-0.3, -0.25) is 0 Å². The number of aryl methyl sites for hydroxylation is 1. The van der Waals surface area contributed by atoms with Gasteiger partial charge in [-0.15, -0.1) is 17.9 Å². The monoisotopic (exact) mass is 605 g/mol.